The number of nitrogens with one attached hydrogen (secondary N) is 1. The van der Waals surface area contributed by atoms with Crippen LogP contribution in [-0.2, 0) is 19.1 Å². The second-order valence-corrected chi connectivity index (χ2v) is 10.7. The summed E-state index contributed by atoms with van der Waals surface area (Å²) >= 11 is 7.01. The molecular weight excluding hydrogens is 528 g/mol. The molecule has 2 aliphatic rings. The first-order valence-electron chi connectivity index (χ1n) is 11.8. The van der Waals surface area contributed by atoms with Crippen molar-refractivity contribution in [3.63, 3.8) is 0 Å². The molecule has 38 heavy (non-hydrogen) atoms. The molecule has 0 spiro atoms. The van der Waals surface area contributed by atoms with Gasteiger partial charge < -0.3 is 20.1 Å². The Morgan fingerprint density at radius 2 is 1.55 bits per heavy atom. The van der Waals surface area contributed by atoms with Gasteiger partial charge in [0.2, 0.25) is 5.91 Å². The van der Waals surface area contributed by atoms with Crippen molar-refractivity contribution in [1.82, 2.24) is 10.2 Å². The Morgan fingerprint density at radius 1 is 0.974 bits per heavy atom. The van der Waals surface area contributed by atoms with Gasteiger partial charge in [0.25, 0.3) is 5.91 Å². The predicted octanol–water partition coefficient (Wildman–Crippen LogP) is 3.76. The van der Waals surface area contributed by atoms with Crippen LogP contribution in [0.4, 0.5) is 0 Å². The van der Waals surface area contributed by atoms with E-state index >= 15 is 0 Å². The molecule has 0 aliphatic carbocycles. The van der Waals surface area contributed by atoms with Gasteiger partial charge in [-0.2, -0.15) is 0 Å². The van der Waals surface area contributed by atoms with Crippen LogP contribution < -0.4 is 5.32 Å². The van der Waals surface area contributed by atoms with E-state index in [9.17, 15) is 24.3 Å². The van der Waals surface area contributed by atoms with Gasteiger partial charge in [-0.15, -0.1) is 11.8 Å². The van der Waals surface area contributed by atoms with Crippen molar-refractivity contribution in [2.24, 2.45) is 5.41 Å². The molecule has 2 aliphatic heterocycles. The average Bonchev–Trinajstić information content (AvgIpc) is 2.95. The average molecular weight is 551 g/mol. The quantitative estimate of drug-likeness (QED) is 0.262. The number of fused-ring (bicyclic) bond motifs is 1. The minimum Gasteiger partial charge on any atom is -0.480 e. The van der Waals surface area contributed by atoms with Crippen LogP contribution in [0.25, 0.3) is 0 Å². The molecule has 0 radical (unpaired) electrons. The second kappa shape index (κ2) is 10.5. The third-order valence-electron chi connectivity index (χ3n) is 6.70. The molecule has 0 bridgehead atoms. The number of esters is 1. The molecule has 2 heterocycles. The van der Waals surface area contributed by atoms with Gasteiger partial charge in [0.15, 0.2) is 11.5 Å². The lowest BCUT2D eigenvalue weighted by atomic mass is 9.87. The van der Waals surface area contributed by atoms with Crippen LogP contribution in [-0.4, -0.2) is 57.5 Å². The Bertz CT molecular complexity index is 1330. The molecule has 2 unspecified atom stereocenters. The number of carbonyl (C=O) groups is 4. The molecular formula is C28H23ClN2O6S. The highest BCUT2D eigenvalue weighted by molar-refractivity contribution is 8.00. The first kappa shape index (κ1) is 25.8. The minimum atomic E-state index is -1.95. The van der Waals surface area contributed by atoms with Crippen molar-refractivity contribution in [2.75, 3.05) is 12.3 Å². The molecule has 2 fully saturated rings. The summed E-state index contributed by atoms with van der Waals surface area (Å²) in [6, 6.07) is 23.5. The standard InChI is InChI=1S/C28H23ClN2O6S/c29-20-13-11-19(12-14-20)23(32)30-21-24(33)31-15-28(26(34)35,16-38-25(21)31)27(36)37-22(17-7-3-1-4-8-17)18-9-5-2-6-10-18/h1-14,21-22,25H,15-16H2,(H,30,32)(H,34,35)/t21?,25-,28?/m1/s1. The maximum absolute atomic E-state index is 13.5. The van der Waals surface area contributed by atoms with E-state index in [0.29, 0.717) is 21.7 Å². The van der Waals surface area contributed by atoms with E-state index in [2.05, 4.69) is 5.32 Å². The normalized spacial score (nSPS) is 22.3. The van der Waals surface area contributed by atoms with Crippen molar-refractivity contribution >= 4 is 47.1 Å². The summed E-state index contributed by atoms with van der Waals surface area (Å²) in [5.41, 5.74) is -0.222. The van der Waals surface area contributed by atoms with Crippen LogP contribution >= 0.6 is 23.4 Å². The van der Waals surface area contributed by atoms with Crippen LogP contribution in [0.3, 0.4) is 0 Å². The Balaban J connectivity index is 1.33. The number of halogens is 1. The topological polar surface area (TPSA) is 113 Å². The number of carboxylic acid groups (broad SMARTS) is 1. The number of β-lactam (4-membered cyclic amide) rings is 1. The Hall–Kier alpha value is -3.82. The fourth-order valence-corrected chi connectivity index (χ4v) is 6.19. The highest BCUT2D eigenvalue weighted by Gasteiger charge is 2.61. The molecule has 0 saturated carbocycles. The lowest BCUT2D eigenvalue weighted by Crippen LogP contribution is -2.74. The van der Waals surface area contributed by atoms with E-state index in [1.807, 2.05) is 36.4 Å². The Kier molecular flexibility index (Phi) is 7.14. The van der Waals surface area contributed by atoms with Gasteiger partial charge in [-0.05, 0) is 35.4 Å². The van der Waals surface area contributed by atoms with Gasteiger partial charge in [-0.3, -0.25) is 19.2 Å². The summed E-state index contributed by atoms with van der Waals surface area (Å²) < 4.78 is 5.88. The molecule has 8 nitrogen and oxygen atoms in total. The predicted molar refractivity (Wildman–Crippen MR) is 142 cm³/mol. The molecule has 2 saturated heterocycles. The van der Waals surface area contributed by atoms with Crippen molar-refractivity contribution in [1.29, 1.82) is 0 Å². The molecule has 3 aromatic rings. The number of carbonyl (C=O) groups excluding carboxylic acids is 3. The summed E-state index contributed by atoms with van der Waals surface area (Å²) in [5, 5.41) is 12.9. The highest BCUT2D eigenvalue weighted by Crippen LogP contribution is 2.44. The smallest absolute Gasteiger partial charge is 0.327 e. The monoisotopic (exact) mass is 550 g/mol. The number of thioether (sulfide) groups is 1. The van der Waals surface area contributed by atoms with Gasteiger partial charge >= 0.3 is 11.9 Å². The van der Waals surface area contributed by atoms with Crippen molar-refractivity contribution in [3.8, 4) is 0 Å². The number of aliphatic carboxylic acids is 1. The highest BCUT2D eigenvalue weighted by atomic mass is 35.5. The van der Waals surface area contributed by atoms with Gasteiger partial charge in [-0.1, -0.05) is 72.3 Å². The fraction of sp³-hybridized carbons (Fsp3) is 0.214. The number of amides is 2. The zero-order chi connectivity index (χ0) is 26.9. The Morgan fingerprint density at radius 3 is 2.11 bits per heavy atom. The van der Waals surface area contributed by atoms with Gasteiger partial charge in [0, 0.05) is 22.9 Å². The first-order valence-corrected chi connectivity index (χ1v) is 13.3. The largest absolute Gasteiger partial charge is 0.480 e. The maximum Gasteiger partial charge on any atom is 0.327 e. The molecule has 3 atom stereocenters. The SMILES string of the molecule is O=C(NC1C(=O)N2CC(C(=O)O)(C(=O)OC(c3ccccc3)c3ccccc3)CS[C@H]12)c1ccc(Cl)cc1. The second-order valence-electron chi connectivity index (χ2n) is 9.12. The third kappa shape index (κ3) is 4.75. The molecule has 3 aromatic carbocycles. The minimum absolute atomic E-state index is 0.112. The van der Waals surface area contributed by atoms with Crippen molar-refractivity contribution in [3.05, 3.63) is 107 Å². The zero-order valence-corrected chi connectivity index (χ0v) is 21.5. The molecule has 0 aromatic heterocycles. The van der Waals surface area contributed by atoms with Gasteiger partial charge in [0.05, 0.1) is 0 Å². The fourth-order valence-electron chi connectivity index (χ4n) is 4.55. The lowest BCUT2D eigenvalue weighted by Gasteiger charge is -2.53. The molecule has 2 amide bonds. The van der Waals surface area contributed by atoms with E-state index in [1.54, 1.807) is 48.5 Å². The number of rotatable bonds is 7. The van der Waals surface area contributed by atoms with Crippen molar-refractivity contribution in [2.45, 2.75) is 17.5 Å². The summed E-state index contributed by atoms with van der Waals surface area (Å²) in [7, 11) is 0. The summed E-state index contributed by atoms with van der Waals surface area (Å²) in [6.07, 6.45) is -0.817. The number of hydrogen-bond acceptors (Lipinski definition) is 6. The first-order chi connectivity index (χ1) is 18.3. The lowest BCUT2D eigenvalue weighted by molar-refractivity contribution is -0.175. The summed E-state index contributed by atoms with van der Waals surface area (Å²) in [4.78, 5) is 52.9. The Labute approximate surface area is 227 Å². The molecule has 194 valence electrons. The van der Waals surface area contributed by atoms with Gasteiger partial charge in [0.1, 0.15) is 11.4 Å². The van der Waals surface area contributed by atoms with Crippen LogP contribution in [0.15, 0.2) is 84.9 Å². The summed E-state index contributed by atoms with van der Waals surface area (Å²) in [5.74, 6) is -3.29. The van der Waals surface area contributed by atoms with E-state index in [4.69, 9.17) is 16.3 Å². The van der Waals surface area contributed by atoms with Crippen LogP contribution in [0.2, 0.25) is 5.02 Å². The maximum atomic E-state index is 13.5. The molecule has 10 heteroatoms. The van der Waals surface area contributed by atoms with Crippen LogP contribution in [0.5, 0.6) is 0 Å². The van der Waals surface area contributed by atoms with Crippen LogP contribution in [0.1, 0.15) is 27.6 Å². The number of carboxylic acids is 1. The van der Waals surface area contributed by atoms with Crippen LogP contribution in [0, 0.1) is 5.41 Å². The number of ether oxygens (including phenoxy) is 1. The number of nitrogens with zero attached hydrogens (tertiary/aromatic N) is 1. The zero-order valence-electron chi connectivity index (χ0n) is 20.0. The van der Waals surface area contributed by atoms with E-state index < -0.39 is 46.7 Å². The van der Waals surface area contributed by atoms with E-state index in [-0.39, 0.29) is 12.3 Å². The van der Waals surface area contributed by atoms with Crippen molar-refractivity contribution < 1.29 is 29.0 Å². The number of hydrogen-bond donors (Lipinski definition) is 2. The molecule has 2 N–H and O–H groups in total. The molecule has 5 rings (SSSR count). The van der Waals surface area contributed by atoms with E-state index in [1.165, 1.54) is 4.90 Å². The van der Waals surface area contributed by atoms with Gasteiger partial charge in [-0.25, -0.2) is 0 Å². The summed E-state index contributed by atoms with van der Waals surface area (Å²) in [6.45, 7) is -0.346. The third-order valence-corrected chi connectivity index (χ3v) is 8.48. The van der Waals surface area contributed by atoms with E-state index in [0.717, 1.165) is 11.8 Å². The number of benzene rings is 3.